The van der Waals surface area contributed by atoms with Crippen molar-refractivity contribution in [2.24, 2.45) is 0 Å². The van der Waals surface area contributed by atoms with Crippen LogP contribution in [0, 0.1) is 0 Å². The Hall–Kier alpha value is -2.83. The van der Waals surface area contributed by atoms with Crippen molar-refractivity contribution in [1.82, 2.24) is 10.2 Å². The first-order chi connectivity index (χ1) is 10.5. The third kappa shape index (κ3) is 2.93. The zero-order chi connectivity index (χ0) is 16.3. The topological polar surface area (TPSA) is 84.9 Å². The molecule has 1 N–H and O–H groups in total. The third-order valence-corrected chi connectivity index (χ3v) is 3.16. The molecule has 0 saturated carbocycles. The molecule has 0 aliphatic carbocycles. The Morgan fingerprint density at radius 3 is 2.59 bits per heavy atom. The van der Waals surface area contributed by atoms with E-state index in [2.05, 4.69) is 5.32 Å². The van der Waals surface area contributed by atoms with Gasteiger partial charge in [-0.2, -0.15) is 0 Å². The average Bonchev–Trinajstić information content (AvgIpc) is 2.49. The minimum Gasteiger partial charge on any atom is -0.493 e. The fourth-order valence-electron chi connectivity index (χ4n) is 2.14. The molecule has 0 radical (unpaired) electrons. The molecule has 0 atom stereocenters. The zero-order valence-corrected chi connectivity index (χ0v) is 12.5. The van der Waals surface area contributed by atoms with Gasteiger partial charge < -0.3 is 14.8 Å². The number of hydrogen-bond donors (Lipinski definition) is 1. The van der Waals surface area contributed by atoms with Crippen molar-refractivity contribution in [3.8, 4) is 11.5 Å². The summed E-state index contributed by atoms with van der Waals surface area (Å²) in [6.45, 7) is 0.959. The van der Waals surface area contributed by atoms with Gasteiger partial charge in [0.05, 0.1) is 14.2 Å². The highest BCUT2D eigenvalue weighted by Crippen LogP contribution is 2.32. The minimum absolute atomic E-state index is 0.0120. The number of methoxy groups -OCH3 is 2. The summed E-state index contributed by atoms with van der Waals surface area (Å²) in [4.78, 5) is 36.2. The van der Waals surface area contributed by atoms with Crippen LogP contribution >= 0.6 is 0 Å². The zero-order valence-electron chi connectivity index (χ0n) is 12.5. The highest BCUT2D eigenvalue weighted by atomic mass is 16.5. The molecular formula is C15H16N2O5. The summed E-state index contributed by atoms with van der Waals surface area (Å²) in [5, 5.41) is 2.47. The Labute approximate surface area is 127 Å². The number of ether oxygens (including phenoxy) is 2. The van der Waals surface area contributed by atoms with E-state index in [9.17, 15) is 14.4 Å². The summed E-state index contributed by atoms with van der Waals surface area (Å²) < 4.78 is 10.5. The summed E-state index contributed by atoms with van der Waals surface area (Å²) in [5.41, 5.74) is 0.564. The SMILES string of the molecule is COc1cccc(/C=C2/NC(=O)CN(C(C)=O)C2=O)c1OC. The van der Waals surface area contributed by atoms with Crippen molar-refractivity contribution in [2.75, 3.05) is 20.8 Å². The first-order valence-corrected chi connectivity index (χ1v) is 6.53. The van der Waals surface area contributed by atoms with Gasteiger partial charge in [0.2, 0.25) is 11.8 Å². The van der Waals surface area contributed by atoms with E-state index >= 15 is 0 Å². The van der Waals surface area contributed by atoms with Gasteiger partial charge in [-0.25, -0.2) is 0 Å². The van der Waals surface area contributed by atoms with E-state index in [1.807, 2.05) is 0 Å². The molecule has 1 aliphatic rings. The number of rotatable bonds is 3. The normalized spacial score (nSPS) is 16.5. The maximum atomic E-state index is 12.2. The monoisotopic (exact) mass is 304 g/mol. The molecule has 1 aromatic rings. The van der Waals surface area contributed by atoms with Crippen LogP contribution in [0.4, 0.5) is 0 Å². The predicted octanol–water partition coefficient (Wildman–Crippen LogP) is 0.550. The average molecular weight is 304 g/mol. The van der Waals surface area contributed by atoms with E-state index in [1.54, 1.807) is 18.2 Å². The number of nitrogens with one attached hydrogen (secondary N) is 1. The molecule has 0 spiro atoms. The quantitative estimate of drug-likeness (QED) is 0.824. The van der Waals surface area contributed by atoms with E-state index in [0.717, 1.165) is 4.90 Å². The van der Waals surface area contributed by atoms with Crippen LogP contribution in [0.15, 0.2) is 23.9 Å². The van der Waals surface area contributed by atoms with E-state index in [1.165, 1.54) is 27.2 Å². The highest BCUT2D eigenvalue weighted by Gasteiger charge is 2.30. The Kier molecular flexibility index (Phi) is 4.45. The van der Waals surface area contributed by atoms with Gasteiger partial charge in [0, 0.05) is 12.5 Å². The molecule has 0 bridgehead atoms. The summed E-state index contributed by atoms with van der Waals surface area (Å²) in [7, 11) is 2.98. The Bertz CT molecular complexity index is 666. The predicted molar refractivity (Wildman–Crippen MR) is 78.1 cm³/mol. The van der Waals surface area contributed by atoms with Crippen molar-refractivity contribution in [2.45, 2.75) is 6.92 Å². The van der Waals surface area contributed by atoms with E-state index < -0.39 is 17.7 Å². The molecule has 1 aliphatic heterocycles. The van der Waals surface area contributed by atoms with Crippen LogP contribution in [0.5, 0.6) is 11.5 Å². The van der Waals surface area contributed by atoms with Crippen LogP contribution < -0.4 is 14.8 Å². The number of hydrogen-bond acceptors (Lipinski definition) is 5. The molecule has 7 heteroatoms. The number of carbonyl (C=O) groups is 3. The van der Waals surface area contributed by atoms with Crippen molar-refractivity contribution in [3.05, 3.63) is 29.5 Å². The highest BCUT2D eigenvalue weighted by molar-refractivity contribution is 6.12. The van der Waals surface area contributed by atoms with E-state index in [0.29, 0.717) is 17.1 Å². The standard InChI is InChI=1S/C15H16N2O5/c1-9(18)17-8-13(19)16-11(15(17)20)7-10-5-4-6-12(21-2)14(10)22-3/h4-7H,8H2,1-3H3,(H,16,19)/b11-7+. The minimum atomic E-state index is -0.558. The Morgan fingerprint density at radius 2 is 2.00 bits per heavy atom. The number of para-hydroxylation sites is 1. The molecule has 3 amide bonds. The van der Waals surface area contributed by atoms with Crippen molar-refractivity contribution >= 4 is 23.8 Å². The van der Waals surface area contributed by atoms with Gasteiger partial charge >= 0.3 is 0 Å². The molecule has 22 heavy (non-hydrogen) atoms. The molecule has 7 nitrogen and oxygen atoms in total. The van der Waals surface area contributed by atoms with Gasteiger partial charge in [-0.1, -0.05) is 12.1 Å². The second kappa shape index (κ2) is 6.30. The lowest BCUT2D eigenvalue weighted by atomic mass is 10.1. The van der Waals surface area contributed by atoms with Gasteiger partial charge in [0.15, 0.2) is 11.5 Å². The number of piperazine rings is 1. The van der Waals surface area contributed by atoms with Gasteiger partial charge in [0.25, 0.3) is 5.91 Å². The maximum absolute atomic E-state index is 12.2. The van der Waals surface area contributed by atoms with Gasteiger partial charge in [-0.15, -0.1) is 0 Å². The summed E-state index contributed by atoms with van der Waals surface area (Å²) in [6.07, 6.45) is 1.46. The molecule has 116 valence electrons. The van der Waals surface area contributed by atoms with Crippen LogP contribution in [0.3, 0.4) is 0 Å². The largest absolute Gasteiger partial charge is 0.493 e. The third-order valence-electron chi connectivity index (χ3n) is 3.16. The molecule has 1 saturated heterocycles. The van der Waals surface area contributed by atoms with Crippen LogP contribution in [0.1, 0.15) is 12.5 Å². The van der Waals surface area contributed by atoms with Gasteiger partial charge in [-0.05, 0) is 12.1 Å². The van der Waals surface area contributed by atoms with Crippen LogP contribution in [0.25, 0.3) is 6.08 Å². The fourth-order valence-corrected chi connectivity index (χ4v) is 2.14. The first kappa shape index (κ1) is 15.6. The molecular weight excluding hydrogens is 288 g/mol. The molecule has 0 aromatic heterocycles. The van der Waals surface area contributed by atoms with Crippen LogP contribution in [-0.4, -0.2) is 43.4 Å². The number of nitrogens with zero attached hydrogens (tertiary/aromatic N) is 1. The lowest BCUT2D eigenvalue weighted by molar-refractivity contribution is -0.147. The lowest BCUT2D eigenvalue weighted by Crippen LogP contribution is -2.51. The fraction of sp³-hybridized carbons (Fsp3) is 0.267. The molecule has 1 fully saturated rings. The molecule has 1 aromatic carbocycles. The lowest BCUT2D eigenvalue weighted by Gasteiger charge is -2.25. The number of carbonyl (C=O) groups excluding carboxylic acids is 3. The molecule has 0 unspecified atom stereocenters. The number of imide groups is 1. The van der Waals surface area contributed by atoms with Crippen LogP contribution in [0.2, 0.25) is 0 Å². The van der Waals surface area contributed by atoms with Crippen molar-refractivity contribution in [1.29, 1.82) is 0 Å². The van der Waals surface area contributed by atoms with Gasteiger partial charge in [0.1, 0.15) is 12.2 Å². The maximum Gasteiger partial charge on any atom is 0.277 e. The van der Waals surface area contributed by atoms with Crippen molar-refractivity contribution in [3.63, 3.8) is 0 Å². The second-order valence-electron chi connectivity index (χ2n) is 4.60. The van der Waals surface area contributed by atoms with E-state index in [-0.39, 0.29) is 12.2 Å². The molecule has 2 rings (SSSR count). The first-order valence-electron chi connectivity index (χ1n) is 6.53. The Morgan fingerprint density at radius 1 is 1.27 bits per heavy atom. The van der Waals surface area contributed by atoms with Crippen LogP contribution in [-0.2, 0) is 14.4 Å². The van der Waals surface area contributed by atoms with Crippen molar-refractivity contribution < 1.29 is 23.9 Å². The summed E-state index contributed by atoms with van der Waals surface area (Å²) in [5.74, 6) is -0.544. The summed E-state index contributed by atoms with van der Waals surface area (Å²) in [6, 6.07) is 5.15. The number of amides is 3. The smallest absolute Gasteiger partial charge is 0.277 e. The number of benzene rings is 1. The second-order valence-corrected chi connectivity index (χ2v) is 4.60. The molecule has 1 heterocycles. The van der Waals surface area contributed by atoms with Gasteiger partial charge in [-0.3, -0.25) is 19.3 Å². The van der Waals surface area contributed by atoms with E-state index in [4.69, 9.17) is 9.47 Å². The Balaban J connectivity index is 2.46. The summed E-state index contributed by atoms with van der Waals surface area (Å²) >= 11 is 0.